The van der Waals surface area contributed by atoms with Crippen LogP contribution in [0.5, 0.6) is 5.75 Å². The first-order chi connectivity index (χ1) is 14.4. The summed E-state index contributed by atoms with van der Waals surface area (Å²) in [7, 11) is 3.69. The molecule has 1 saturated carbocycles. The van der Waals surface area contributed by atoms with Gasteiger partial charge in [0.2, 0.25) is 11.8 Å². The van der Waals surface area contributed by atoms with Crippen molar-refractivity contribution in [2.45, 2.75) is 49.9 Å². The molecule has 3 aliphatic rings. The predicted molar refractivity (Wildman–Crippen MR) is 111 cm³/mol. The first-order valence-corrected chi connectivity index (χ1v) is 10.7. The zero-order valence-electron chi connectivity index (χ0n) is 17.6. The van der Waals surface area contributed by atoms with Crippen LogP contribution in [0.25, 0.3) is 0 Å². The molecule has 4 atom stereocenters. The molecule has 0 aromatic heterocycles. The fourth-order valence-electron chi connectivity index (χ4n) is 4.31. The molecule has 0 bridgehead atoms. The van der Waals surface area contributed by atoms with Gasteiger partial charge in [0.15, 0.2) is 0 Å². The number of hydrogen-bond acceptors (Lipinski definition) is 6. The van der Waals surface area contributed by atoms with Crippen molar-refractivity contribution in [1.82, 2.24) is 10.2 Å². The van der Waals surface area contributed by atoms with Crippen LogP contribution in [0, 0.1) is 5.92 Å². The molecular formula is C22H31N3O5. The number of nitrogens with zero attached hydrogens (tertiary/aromatic N) is 1. The lowest BCUT2D eigenvalue weighted by Gasteiger charge is -2.37. The molecule has 2 aliphatic heterocycles. The normalized spacial score (nSPS) is 27.2. The van der Waals surface area contributed by atoms with E-state index < -0.39 is 6.10 Å². The van der Waals surface area contributed by atoms with E-state index in [-0.39, 0.29) is 43.0 Å². The second kappa shape index (κ2) is 8.91. The highest BCUT2D eigenvalue weighted by Gasteiger charge is 2.46. The number of anilines is 1. The van der Waals surface area contributed by atoms with E-state index in [1.54, 1.807) is 0 Å². The van der Waals surface area contributed by atoms with E-state index in [0.717, 1.165) is 23.5 Å². The van der Waals surface area contributed by atoms with E-state index >= 15 is 0 Å². The number of benzene rings is 1. The van der Waals surface area contributed by atoms with Crippen molar-refractivity contribution in [3.63, 3.8) is 0 Å². The number of nitrogens with one attached hydrogen (secondary N) is 2. The summed E-state index contributed by atoms with van der Waals surface area (Å²) >= 11 is 0. The van der Waals surface area contributed by atoms with Gasteiger partial charge in [-0.1, -0.05) is 0 Å². The fourth-order valence-corrected chi connectivity index (χ4v) is 4.31. The molecule has 8 heteroatoms. The van der Waals surface area contributed by atoms with E-state index in [9.17, 15) is 14.7 Å². The van der Waals surface area contributed by atoms with Crippen molar-refractivity contribution in [3.8, 4) is 5.75 Å². The Kier molecular flexibility index (Phi) is 6.26. The van der Waals surface area contributed by atoms with Gasteiger partial charge in [0.05, 0.1) is 25.7 Å². The average Bonchev–Trinajstić information content (AvgIpc) is 3.45. The van der Waals surface area contributed by atoms with Crippen molar-refractivity contribution in [2.75, 3.05) is 39.1 Å². The number of hydrogen-bond donors (Lipinski definition) is 3. The van der Waals surface area contributed by atoms with E-state index in [1.165, 1.54) is 12.8 Å². The predicted octanol–water partition coefficient (Wildman–Crippen LogP) is 1.10. The Morgan fingerprint density at radius 3 is 2.73 bits per heavy atom. The second-order valence-corrected chi connectivity index (χ2v) is 8.89. The van der Waals surface area contributed by atoms with E-state index in [4.69, 9.17) is 9.47 Å². The van der Waals surface area contributed by atoms with Crippen molar-refractivity contribution in [1.29, 1.82) is 0 Å². The smallest absolute Gasteiger partial charge is 0.238 e. The standard InChI is InChI=1S/C22H31N3O5/c1-25(2)11-21(28)24-14-5-6-18-16(7-14)17-8-15(29-19(12-26)22(17)30-18)9-20(27)23-10-13-3-4-13/h5-7,13,15,17,19,22,26H,3-4,8-12H2,1-2H3,(H,23,27)(H,24,28)/t15-,17-,19+,22+/m0/s1. The zero-order valence-corrected chi connectivity index (χ0v) is 17.6. The van der Waals surface area contributed by atoms with Crippen LogP contribution in [0.1, 0.15) is 37.2 Å². The molecule has 2 amide bonds. The van der Waals surface area contributed by atoms with Gasteiger partial charge in [-0.05, 0) is 57.5 Å². The van der Waals surface area contributed by atoms with Gasteiger partial charge >= 0.3 is 0 Å². The molecule has 3 N–H and O–H groups in total. The number of rotatable bonds is 8. The summed E-state index contributed by atoms with van der Waals surface area (Å²) in [5, 5.41) is 15.7. The molecule has 0 unspecified atom stereocenters. The van der Waals surface area contributed by atoms with Crippen molar-refractivity contribution >= 4 is 17.5 Å². The molecule has 2 fully saturated rings. The Hall–Kier alpha value is -2.16. The van der Waals surface area contributed by atoms with Crippen molar-refractivity contribution in [2.24, 2.45) is 5.92 Å². The van der Waals surface area contributed by atoms with Gasteiger partial charge < -0.3 is 30.1 Å². The van der Waals surface area contributed by atoms with Crippen molar-refractivity contribution in [3.05, 3.63) is 23.8 Å². The summed E-state index contributed by atoms with van der Waals surface area (Å²) in [5.41, 5.74) is 1.71. The van der Waals surface area contributed by atoms with Crippen molar-refractivity contribution < 1.29 is 24.2 Å². The van der Waals surface area contributed by atoms with E-state index in [2.05, 4.69) is 10.6 Å². The van der Waals surface area contributed by atoms with Crippen LogP contribution in [0.3, 0.4) is 0 Å². The number of amides is 2. The molecule has 0 spiro atoms. The topological polar surface area (TPSA) is 100 Å². The Morgan fingerprint density at radius 1 is 1.23 bits per heavy atom. The number of carbonyl (C=O) groups excluding carboxylic acids is 2. The maximum atomic E-state index is 12.3. The molecule has 1 aromatic carbocycles. The molecule has 164 valence electrons. The monoisotopic (exact) mass is 417 g/mol. The van der Waals surface area contributed by atoms with Crippen LogP contribution in [-0.4, -0.2) is 73.9 Å². The fraction of sp³-hybridized carbons (Fsp3) is 0.636. The maximum absolute atomic E-state index is 12.3. The highest BCUT2D eigenvalue weighted by molar-refractivity contribution is 5.92. The minimum Gasteiger partial charge on any atom is -0.487 e. The van der Waals surface area contributed by atoms with Gasteiger partial charge in [0.25, 0.3) is 0 Å². The van der Waals surface area contributed by atoms with E-state index in [0.29, 0.717) is 18.9 Å². The second-order valence-electron chi connectivity index (χ2n) is 8.89. The third kappa shape index (κ3) is 4.94. The number of aliphatic hydroxyl groups is 1. The number of carbonyl (C=O) groups is 2. The maximum Gasteiger partial charge on any atom is 0.238 e. The number of likely N-dealkylation sites (N-methyl/N-ethyl adjacent to an activating group) is 1. The van der Waals surface area contributed by atoms with Crippen LogP contribution in [0.2, 0.25) is 0 Å². The van der Waals surface area contributed by atoms with Gasteiger partial charge in [0, 0.05) is 23.7 Å². The molecular weight excluding hydrogens is 386 g/mol. The first-order valence-electron chi connectivity index (χ1n) is 10.7. The minimum atomic E-state index is -0.482. The highest BCUT2D eigenvalue weighted by atomic mass is 16.6. The van der Waals surface area contributed by atoms with Crippen LogP contribution in [0.4, 0.5) is 5.69 Å². The summed E-state index contributed by atoms with van der Waals surface area (Å²) in [6.45, 7) is 0.878. The Bertz CT molecular complexity index is 795. The molecule has 1 saturated heterocycles. The largest absolute Gasteiger partial charge is 0.487 e. The minimum absolute atomic E-state index is 0.00845. The van der Waals surface area contributed by atoms with Gasteiger partial charge in [-0.25, -0.2) is 0 Å². The number of ether oxygens (including phenoxy) is 2. The average molecular weight is 418 g/mol. The zero-order chi connectivity index (χ0) is 21.3. The van der Waals surface area contributed by atoms with Crippen LogP contribution in [0.15, 0.2) is 18.2 Å². The van der Waals surface area contributed by atoms with Crippen LogP contribution >= 0.6 is 0 Å². The van der Waals surface area contributed by atoms with Crippen LogP contribution in [-0.2, 0) is 14.3 Å². The molecule has 30 heavy (non-hydrogen) atoms. The number of fused-ring (bicyclic) bond motifs is 3. The molecule has 8 nitrogen and oxygen atoms in total. The quantitative estimate of drug-likeness (QED) is 0.586. The number of aliphatic hydroxyl groups excluding tert-OH is 1. The van der Waals surface area contributed by atoms with Gasteiger partial charge in [-0.3, -0.25) is 9.59 Å². The van der Waals surface area contributed by atoms with E-state index in [1.807, 2.05) is 37.2 Å². The summed E-state index contributed by atoms with van der Waals surface area (Å²) in [6, 6.07) is 5.61. The molecule has 1 aliphatic carbocycles. The SMILES string of the molecule is CN(C)CC(=O)Nc1ccc2c(c1)[C@@H]1C[C@@H](CC(=O)NCC3CC3)O[C@H](CO)[C@@H]1O2. The molecule has 1 aromatic rings. The Morgan fingerprint density at radius 2 is 2.03 bits per heavy atom. The Balaban J connectivity index is 1.44. The molecule has 2 heterocycles. The lowest BCUT2D eigenvalue weighted by molar-refractivity contribution is -0.142. The third-order valence-corrected chi connectivity index (χ3v) is 5.94. The van der Waals surface area contributed by atoms with Crippen LogP contribution < -0.4 is 15.4 Å². The third-order valence-electron chi connectivity index (χ3n) is 5.94. The Labute approximate surface area is 176 Å². The summed E-state index contributed by atoms with van der Waals surface area (Å²) in [6.07, 6.45) is 2.26. The first kappa shape index (κ1) is 21.1. The lowest BCUT2D eigenvalue weighted by Crippen LogP contribution is -2.47. The van der Waals surface area contributed by atoms with Gasteiger partial charge in [0.1, 0.15) is 18.0 Å². The highest BCUT2D eigenvalue weighted by Crippen LogP contribution is 2.47. The summed E-state index contributed by atoms with van der Waals surface area (Å²) in [5.74, 6) is 1.30. The molecule has 0 radical (unpaired) electrons. The van der Waals surface area contributed by atoms with Gasteiger partial charge in [-0.15, -0.1) is 0 Å². The van der Waals surface area contributed by atoms with Gasteiger partial charge in [-0.2, -0.15) is 0 Å². The summed E-state index contributed by atoms with van der Waals surface area (Å²) in [4.78, 5) is 26.2. The lowest BCUT2D eigenvalue weighted by atomic mass is 9.84. The summed E-state index contributed by atoms with van der Waals surface area (Å²) < 4.78 is 12.1. The molecule has 4 rings (SSSR count).